The molecule has 12 aromatic rings. The molecule has 0 atom stereocenters. The number of hydrogen-bond acceptors (Lipinski definition) is 17. The maximum atomic E-state index is 13.5. The number of phenols is 2. The SMILES string of the molecule is CC(C)(C)OC(=O)NCCc1ccc(O)cc1.COC(=O)c1sc2cc(OC)ccc2c1Cl.COc1ccc(/C=C/C(=O)O)cc1.COc1ccc2c(Cl)c(C(=O)c3c(C)cc(F)cc3C)sc2c1.COc1ccc2c(Cl)c(C(=O)c3c(C)cc(F)cc3C)sc2c1.Cc1cc(F)cc(C)c1Br.NCCc1ccc(O)cc1.[CH2-]CCC.[Li+]. The molecule has 0 aliphatic heterocycles. The number of phenolic OH excluding ortho intramolecular Hbond substituents is 2. The van der Waals surface area contributed by atoms with Crippen LogP contribution in [0.4, 0.5) is 18.0 Å². The van der Waals surface area contributed by atoms with E-state index in [1.807, 2.05) is 113 Å². The zero-order valence-electron chi connectivity index (χ0n) is 68.0. The van der Waals surface area contributed by atoms with Crippen molar-refractivity contribution >= 4 is 151 Å². The van der Waals surface area contributed by atoms with Crippen LogP contribution in [0.3, 0.4) is 0 Å². The molecule has 9 aromatic carbocycles. The molecule has 0 spiro atoms. The minimum atomic E-state index is -0.948. The van der Waals surface area contributed by atoms with Gasteiger partial charge >= 0.3 is 36.9 Å². The van der Waals surface area contributed by atoms with E-state index < -0.39 is 23.6 Å². The maximum absolute atomic E-state index is 13.5. The van der Waals surface area contributed by atoms with Crippen LogP contribution in [0.15, 0.2) is 174 Å². The van der Waals surface area contributed by atoms with E-state index in [-0.39, 0.29) is 53.6 Å². The van der Waals surface area contributed by atoms with E-state index in [0.717, 1.165) is 87.4 Å². The third kappa shape index (κ3) is 31.1. The van der Waals surface area contributed by atoms with Gasteiger partial charge in [0, 0.05) is 58.5 Å². The molecule has 16 nitrogen and oxygen atoms in total. The van der Waals surface area contributed by atoms with Crippen LogP contribution in [0, 0.1) is 65.9 Å². The zero-order valence-corrected chi connectivity index (χ0v) is 74.3. The topological polar surface area (TPSA) is 239 Å². The molecule has 0 saturated carbocycles. The number of fused-ring (bicyclic) bond motifs is 3. The first-order valence-corrected chi connectivity index (χ1v) is 40.3. The quantitative estimate of drug-likeness (QED) is 0.0187. The summed E-state index contributed by atoms with van der Waals surface area (Å²) in [6.45, 7) is 23.0. The predicted molar refractivity (Wildman–Crippen MR) is 471 cm³/mol. The van der Waals surface area contributed by atoms with Crippen molar-refractivity contribution in [2.24, 2.45) is 5.73 Å². The summed E-state index contributed by atoms with van der Waals surface area (Å²) in [5, 5.41) is 32.8. The van der Waals surface area contributed by atoms with Gasteiger partial charge in [0.2, 0.25) is 11.6 Å². The van der Waals surface area contributed by atoms with Gasteiger partial charge in [0.15, 0.2) is 0 Å². The molecule has 6 N–H and O–H groups in total. The number of ketones is 2. The van der Waals surface area contributed by atoms with E-state index in [1.165, 1.54) is 95.6 Å². The van der Waals surface area contributed by atoms with Gasteiger partial charge in [-0.05, 0) is 265 Å². The first kappa shape index (κ1) is 100. The molecule has 3 aromatic heterocycles. The number of amides is 1. The zero-order chi connectivity index (χ0) is 86.3. The van der Waals surface area contributed by atoms with E-state index in [9.17, 15) is 37.1 Å². The van der Waals surface area contributed by atoms with Gasteiger partial charge in [0.05, 0.1) is 60.4 Å². The van der Waals surface area contributed by atoms with Crippen LogP contribution in [0.25, 0.3) is 36.3 Å². The Hall–Kier alpha value is -9.35. The van der Waals surface area contributed by atoms with Crippen molar-refractivity contribution in [3.8, 4) is 34.5 Å². The third-order valence-electron chi connectivity index (χ3n) is 16.4. The Morgan fingerprint density at radius 1 is 0.521 bits per heavy atom. The van der Waals surface area contributed by atoms with Crippen LogP contribution in [0.1, 0.15) is 131 Å². The van der Waals surface area contributed by atoms with Gasteiger partial charge in [-0.15, -0.1) is 34.0 Å². The van der Waals surface area contributed by atoms with E-state index in [4.69, 9.17) is 79.5 Å². The molecule has 0 unspecified atom stereocenters. The smallest absolute Gasteiger partial charge is 0.508 e. The summed E-state index contributed by atoms with van der Waals surface area (Å²) in [6.07, 6.45) is 6.08. The summed E-state index contributed by atoms with van der Waals surface area (Å²) in [4.78, 5) is 60.1. The summed E-state index contributed by atoms with van der Waals surface area (Å²) in [5.74, 6) is 0.901. The van der Waals surface area contributed by atoms with Gasteiger partial charge < -0.3 is 61.7 Å². The van der Waals surface area contributed by atoms with Crippen molar-refractivity contribution < 1.29 is 99.7 Å². The molecule has 27 heteroatoms. The van der Waals surface area contributed by atoms with Gasteiger partial charge in [-0.2, -0.15) is 6.42 Å². The van der Waals surface area contributed by atoms with E-state index in [0.29, 0.717) is 99.8 Å². The number of aliphatic carboxylic acids is 1. The Morgan fingerprint density at radius 3 is 1.18 bits per heavy atom. The van der Waals surface area contributed by atoms with Crippen molar-refractivity contribution in [2.75, 3.05) is 48.6 Å². The van der Waals surface area contributed by atoms with Crippen LogP contribution in [-0.2, 0) is 27.1 Å². The molecule has 1 amide bonds. The number of rotatable bonds is 17. The fraction of sp³-hybridized carbons (Fsp3) is 0.244. The minimum Gasteiger partial charge on any atom is -0.508 e. The average Bonchev–Trinajstić information content (AvgIpc) is 1.66. The molecular formula is C90H94BrCl3F3LiN2O14S3. The number of nitrogens with one attached hydrogen (secondary N) is 1. The average molecular weight is 1770 g/mol. The second-order valence-electron chi connectivity index (χ2n) is 26.5. The van der Waals surface area contributed by atoms with Crippen molar-refractivity contribution in [3.63, 3.8) is 0 Å². The van der Waals surface area contributed by atoms with Gasteiger partial charge in [-0.1, -0.05) is 100 Å². The number of carbonyl (C=O) groups is 5. The number of benzene rings is 9. The minimum absolute atomic E-state index is 0. The van der Waals surface area contributed by atoms with Gasteiger partial charge in [0.25, 0.3) is 0 Å². The summed E-state index contributed by atoms with van der Waals surface area (Å²) in [5.41, 5.74) is 13.3. The molecule has 3 heterocycles. The number of unbranched alkanes of at least 4 members (excludes halogenated alkanes) is 1. The van der Waals surface area contributed by atoms with Crippen molar-refractivity contribution in [2.45, 2.75) is 101 Å². The van der Waals surface area contributed by atoms with Crippen LogP contribution in [-0.4, -0.2) is 99.2 Å². The molecule has 0 radical (unpaired) electrons. The monoisotopic (exact) mass is 1770 g/mol. The molecule has 0 bridgehead atoms. The number of thiophene rings is 3. The molecule has 0 aliphatic carbocycles. The molecule has 117 heavy (non-hydrogen) atoms. The number of halogens is 7. The number of methoxy groups -OCH3 is 5. The summed E-state index contributed by atoms with van der Waals surface area (Å²) in [6, 6.07) is 46.1. The number of nitrogens with two attached hydrogens (primary N) is 1. The molecule has 616 valence electrons. The third-order valence-corrected chi connectivity index (χ3v) is 22.6. The van der Waals surface area contributed by atoms with Crippen molar-refractivity contribution in [3.05, 3.63) is 290 Å². The number of carbonyl (C=O) groups excluding carboxylic acids is 4. The standard InChI is InChI=1S/2C18H14ClFO2S.C13H19NO3.C11H9ClO3S.C10H10O3.C8H8BrF.C8H11NO.C4H9.Li/c2*1-9-6-11(20)7-10(2)15(9)17(21)18-16(19)13-5-4-12(22-3)8-14(13)23-18;1-13(2,3)17-12(16)14-9-8-10-4-6-11(15)7-5-10;1-14-6-3-4-7-8(5-6)16-10(9(7)12)11(13)15-2;1-13-9-5-2-8(3-6-9)4-7-10(11)12;1-5-3-7(10)4-6(2)8(5)9;9-6-5-7-1-3-8(10)4-2-7;1-3-4-2;/h2*4-8H,1-3H3;4-7,15H,8-9H2,1-3H3,(H,14,16);3-5H,1-2H3;2-7H,1H3,(H,11,12);3-4H,1-2H3;1-4,10H,5-6,9H2;1,3-4H2,2H3;/q;;;;;;;-1;+1/b;;;;7-4+;;;;. The number of ether oxygens (including phenoxy) is 6. The number of aromatic hydroxyl groups is 2. The number of carboxylic acids is 1. The molecule has 0 fully saturated rings. The summed E-state index contributed by atoms with van der Waals surface area (Å²) < 4.78 is 73.4. The van der Waals surface area contributed by atoms with Gasteiger partial charge in [-0.25, -0.2) is 27.6 Å². The Bertz CT molecular complexity index is 5120. The van der Waals surface area contributed by atoms with Crippen LogP contribution in [0.5, 0.6) is 34.5 Å². The van der Waals surface area contributed by atoms with Gasteiger partial charge in [0.1, 0.15) is 62.4 Å². The van der Waals surface area contributed by atoms with Gasteiger partial charge in [-0.3, -0.25) is 9.59 Å². The molecular weight excluding hydrogens is 1680 g/mol. The van der Waals surface area contributed by atoms with Crippen LogP contribution in [0.2, 0.25) is 15.1 Å². The van der Waals surface area contributed by atoms with Crippen LogP contribution < -0.4 is 48.9 Å². The van der Waals surface area contributed by atoms with Crippen molar-refractivity contribution in [1.82, 2.24) is 5.32 Å². The Kier molecular flexibility index (Phi) is 42.0. The maximum Gasteiger partial charge on any atom is 1.00 e. The van der Waals surface area contributed by atoms with E-state index in [1.54, 1.807) is 105 Å². The van der Waals surface area contributed by atoms with Crippen LogP contribution >= 0.6 is 84.7 Å². The van der Waals surface area contributed by atoms with E-state index >= 15 is 0 Å². The second kappa shape index (κ2) is 49.1. The first-order chi connectivity index (χ1) is 54.9. The largest absolute Gasteiger partial charge is 1.00 e. The normalized spacial score (nSPS) is 10.4. The number of carboxylic acid groups (broad SMARTS) is 1. The first-order valence-electron chi connectivity index (χ1n) is 35.9. The Morgan fingerprint density at radius 2 is 0.855 bits per heavy atom. The molecule has 0 saturated heterocycles. The number of esters is 1. The Balaban J connectivity index is 0.000000290. The summed E-state index contributed by atoms with van der Waals surface area (Å²) >= 11 is 26.2. The summed E-state index contributed by atoms with van der Waals surface area (Å²) in [7, 11) is 7.70. The number of aryl methyl sites for hydroxylation is 6. The van der Waals surface area contributed by atoms with E-state index in [2.05, 4.69) is 39.8 Å². The van der Waals surface area contributed by atoms with Crippen molar-refractivity contribution in [1.29, 1.82) is 0 Å². The number of alkyl carbamates (subject to hydrolysis) is 1. The molecule has 12 rings (SSSR count). The number of hydrogen-bond donors (Lipinski definition) is 5. The second-order valence-corrected chi connectivity index (χ2v) is 31.6. The fourth-order valence-electron chi connectivity index (χ4n) is 10.7. The molecule has 0 aliphatic rings. The fourth-order valence-corrected chi connectivity index (χ4v) is 15.4. The Labute approximate surface area is 728 Å². The predicted octanol–water partition coefficient (Wildman–Crippen LogP) is 21.4.